The van der Waals surface area contributed by atoms with E-state index in [2.05, 4.69) is 10.1 Å². The van der Waals surface area contributed by atoms with E-state index in [0.29, 0.717) is 5.69 Å². The molecule has 5 nitrogen and oxygen atoms in total. The van der Waals surface area contributed by atoms with E-state index in [1.165, 1.54) is 26.2 Å². The van der Waals surface area contributed by atoms with Crippen LogP contribution in [-0.2, 0) is 9.53 Å². The van der Waals surface area contributed by atoms with Crippen molar-refractivity contribution in [3.05, 3.63) is 23.8 Å². The zero-order valence-electron chi connectivity index (χ0n) is 8.53. The van der Waals surface area contributed by atoms with Crippen molar-refractivity contribution in [2.45, 2.75) is 6.92 Å². The molecule has 0 unspecified atom stereocenters. The van der Waals surface area contributed by atoms with Gasteiger partial charge < -0.3 is 15.8 Å². The number of amides is 1. The Morgan fingerprint density at radius 1 is 1.40 bits per heavy atom. The molecule has 1 aromatic rings. The maximum Gasteiger partial charge on any atom is 0.339 e. The molecule has 0 spiro atoms. The fourth-order valence-corrected chi connectivity index (χ4v) is 1.14. The number of nitrogens with two attached hydrogens (primary N) is 1. The fraction of sp³-hybridized carbons (Fsp3) is 0.200. The van der Waals surface area contributed by atoms with Crippen LogP contribution in [0, 0.1) is 0 Å². The molecule has 0 saturated heterocycles. The molecular formula is C10H12N2O3. The highest BCUT2D eigenvalue weighted by Gasteiger charge is 2.10. The van der Waals surface area contributed by atoms with Gasteiger partial charge in [0, 0.05) is 18.3 Å². The summed E-state index contributed by atoms with van der Waals surface area (Å²) >= 11 is 0. The number of benzene rings is 1. The summed E-state index contributed by atoms with van der Waals surface area (Å²) in [5, 5.41) is 2.56. The number of hydrogen-bond donors (Lipinski definition) is 2. The normalized spacial score (nSPS) is 9.47. The number of hydrogen-bond acceptors (Lipinski definition) is 4. The first kappa shape index (κ1) is 11.0. The lowest BCUT2D eigenvalue weighted by Crippen LogP contribution is -2.09. The van der Waals surface area contributed by atoms with Crippen LogP contribution in [0.15, 0.2) is 18.2 Å². The fourth-order valence-electron chi connectivity index (χ4n) is 1.14. The number of nitrogens with one attached hydrogen (secondary N) is 1. The number of methoxy groups -OCH3 is 1. The second-order valence-corrected chi connectivity index (χ2v) is 2.97. The van der Waals surface area contributed by atoms with E-state index in [1.54, 1.807) is 6.07 Å². The van der Waals surface area contributed by atoms with Gasteiger partial charge in [0.05, 0.1) is 12.7 Å². The molecule has 0 aliphatic heterocycles. The minimum absolute atomic E-state index is 0.194. The van der Waals surface area contributed by atoms with Crippen molar-refractivity contribution in [3.63, 3.8) is 0 Å². The molecule has 0 atom stereocenters. The van der Waals surface area contributed by atoms with Crippen molar-refractivity contribution < 1.29 is 14.3 Å². The van der Waals surface area contributed by atoms with Crippen LogP contribution in [0.2, 0.25) is 0 Å². The van der Waals surface area contributed by atoms with Gasteiger partial charge in [-0.15, -0.1) is 0 Å². The molecule has 0 aliphatic rings. The van der Waals surface area contributed by atoms with Gasteiger partial charge in [-0.3, -0.25) is 4.79 Å². The molecule has 0 aromatic heterocycles. The smallest absolute Gasteiger partial charge is 0.339 e. The van der Waals surface area contributed by atoms with Gasteiger partial charge in [-0.05, 0) is 18.2 Å². The molecule has 3 N–H and O–H groups in total. The Kier molecular flexibility index (Phi) is 3.28. The molecule has 1 rings (SSSR count). The zero-order valence-corrected chi connectivity index (χ0v) is 8.53. The Labute approximate surface area is 87.2 Å². The maximum atomic E-state index is 11.2. The van der Waals surface area contributed by atoms with E-state index in [1.807, 2.05) is 0 Å². The van der Waals surface area contributed by atoms with Crippen LogP contribution in [0.25, 0.3) is 0 Å². The van der Waals surface area contributed by atoms with Gasteiger partial charge in [-0.25, -0.2) is 4.79 Å². The summed E-state index contributed by atoms with van der Waals surface area (Å²) in [6.07, 6.45) is 0. The van der Waals surface area contributed by atoms with E-state index in [4.69, 9.17) is 5.73 Å². The molecule has 0 saturated carbocycles. The topological polar surface area (TPSA) is 81.4 Å². The number of ether oxygens (including phenoxy) is 1. The lowest BCUT2D eigenvalue weighted by atomic mass is 10.1. The third-order valence-electron chi connectivity index (χ3n) is 1.78. The van der Waals surface area contributed by atoms with Gasteiger partial charge >= 0.3 is 5.97 Å². The molecule has 1 aromatic carbocycles. The molecule has 5 heteroatoms. The van der Waals surface area contributed by atoms with E-state index in [9.17, 15) is 9.59 Å². The Balaban J connectivity index is 2.97. The molecule has 80 valence electrons. The van der Waals surface area contributed by atoms with Crippen molar-refractivity contribution in [2.24, 2.45) is 0 Å². The first-order valence-corrected chi connectivity index (χ1v) is 4.30. The van der Waals surface area contributed by atoms with Gasteiger partial charge in [0.2, 0.25) is 5.91 Å². The second kappa shape index (κ2) is 4.45. The number of anilines is 2. The Hall–Kier alpha value is -2.04. The van der Waals surface area contributed by atoms with Gasteiger partial charge in [0.1, 0.15) is 0 Å². The maximum absolute atomic E-state index is 11.2. The van der Waals surface area contributed by atoms with Crippen molar-refractivity contribution in [2.75, 3.05) is 18.2 Å². The van der Waals surface area contributed by atoms with Crippen LogP contribution < -0.4 is 11.1 Å². The molecule has 15 heavy (non-hydrogen) atoms. The summed E-state index contributed by atoms with van der Waals surface area (Å²) in [6, 6.07) is 4.60. The van der Waals surface area contributed by atoms with E-state index in [-0.39, 0.29) is 17.2 Å². The predicted molar refractivity (Wildman–Crippen MR) is 56.5 cm³/mol. The molecule has 0 radical (unpaired) electrons. The van der Waals surface area contributed by atoms with Gasteiger partial charge in [0.25, 0.3) is 0 Å². The lowest BCUT2D eigenvalue weighted by molar-refractivity contribution is -0.114. The number of nitrogen functional groups attached to an aromatic ring is 1. The summed E-state index contributed by atoms with van der Waals surface area (Å²) in [5.41, 5.74) is 6.73. The standard InChI is InChI=1S/C10H12N2O3/c1-6(13)12-7-3-4-8(9(11)5-7)10(14)15-2/h3-5H,11H2,1-2H3,(H,12,13). The third kappa shape index (κ3) is 2.70. The van der Waals surface area contributed by atoms with Crippen LogP contribution in [0.5, 0.6) is 0 Å². The quantitative estimate of drug-likeness (QED) is 0.561. The largest absolute Gasteiger partial charge is 0.465 e. The van der Waals surface area contributed by atoms with Crippen LogP contribution >= 0.6 is 0 Å². The summed E-state index contributed by atoms with van der Waals surface area (Å²) in [6.45, 7) is 1.39. The van der Waals surface area contributed by atoms with Crippen molar-refractivity contribution in [3.8, 4) is 0 Å². The minimum atomic E-state index is -0.498. The lowest BCUT2D eigenvalue weighted by Gasteiger charge is -2.06. The van der Waals surface area contributed by atoms with Crippen molar-refractivity contribution in [1.29, 1.82) is 0 Å². The molecule has 0 aliphatic carbocycles. The number of rotatable bonds is 2. The van der Waals surface area contributed by atoms with Gasteiger partial charge in [-0.1, -0.05) is 0 Å². The molecule has 1 amide bonds. The van der Waals surface area contributed by atoms with Gasteiger partial charge in [-0.2, -0.15) is 0 Å². The minimum Gasteiger partial charge on any atom is -0.465 e. The van der Waals surface area contributed by atoms with Crippen molar-refractivity contribution >= 4 is 23.3 Å². The highest BCUT2D eigenvalue weighted by Crippen LogP contribution is 2.18. The number of esters is 1. The predicted octanol–water partition coefficient (Wildman–Crippen LogP) is 1.01. The second-order valence-electron chi connectivity index (χ2n) is 2.97. The Morgan fingerprint density at radius 3 is 2.53 bits per heavy atom. The van der Waals surface area contributed by atoms with E-state index in [0.717, 1.165) is 0 Å². The number of carbonyl (C=O) groups is 2. The van der Waals surface area contributed by atoms with E-state index >= 15 is 0 Å². The van der Waals surface area contributed by atoms with Crippen LogP contribution in [-0.4, -0.2) is 19.0 Å². The summed E-state index contributed by atoms with van der Waals surface area (Å²) in [7, 11) is 1.28. The first-order chi connectivity index (χ1) is 7.04. The molecule has 0 fully saturated rings. The van der Waals surface area contributed by atoms with Crippen LogP contribution in [0.3, 0.4) is 0 Å². The zero-order chi connectivity index (χ0) is 11.4. The van der Waals surface area contributed by atoms with E-state index < -0.39 is 5.97 Å². The SMILES string of the molecule is COC(=O)c1ccc(NC(C)=O)cc1N. The van der Waals surface area contributed by atoms with Crippen LogP contribution in [0.4, 0.5) is 11.4 Å². The Bertz CT molecular complexity index is 402. The van der Waals surface area contributed by atoms with Crippen molar-refractivity contribution in [1.82, 2.24) is 0 Å². The summed E-state index contributed by atoms with van der Waals surface area (Å²) in [4.78, 5) is 21.9. The highest BCUT2D eigenvalue weighted by molar-refractivity contribution is 5.97. The molecular weight excluding hydrogens is 196 g/mol. The van der Waals surface area contributed by atoms with Gasteiger partial charge in [0.15, 0.2) is 0 Å². The number of carbonyl (C=O) groups excluding carboxylic acids is 2. The highest BCUT2D eigenvalue weighted by atomic mass is 16.5. The average molecular weight is 208 g/mol. The average Bonchev–Trinajstić information content (AvgIpc) is 2.16. The summed E-state index contributed by atoms with van der Waals surface area (Å²) < 4.78 is 4.53. The molecule has 0 heterocycles. The summed E-state index contributed by atoms with van der Waals surface area (Å²) in [5.74, 6) is -0.693. The third-order valence-corrected chi connectivity index (χ3v) is 1.78. The molecule has 0 bridgehead atoms. The first-order valence-electron chi connectivity index (χ1n) is 4.30. The van der Waals surface area contributed by atoms with Crippen LogP contribution in [0.1, 0.15) is 17.3 Å². The monoisotopic (exact) mass is 208 g/mol. The Morgan fingerprint density at radius 2 is 2.07 bits per heavy atom.